The topological polar surface area (TPSA) is 163 Å². The Labute approximate surface area is 291 Å². The van der Waals surface area contributed by atoms with Gasteiger partial charge in [0.2, 0.25) is 11.8 Å². The minimum atomic E-state index is -3.87. The third-order valence-corrected chi connectivity index (χ3v) is 12.5. The monoisotopic (exact) mass is 700 g/mol. The summed E-state index contributed by atoms with van der Waals surface area (Å²) in [6.45, 7) is 11.2. The molecule has 6 atom stereocenters. The number of hydrogen-bond donors (Lipinski definition) is 4. The minimum Gasteiger partial charge on any atom is -0.390 e. The zero-order chi connectivity index (χ0) is 36.3. The van der Waals surface area contributed by atoms with Gasteiger partial charge < -0.3 is 21.1 Å². The summed E-state index contributed by atoms with van der Waals surface area (Å²) >= 11 is 0. The molecule has 0 bridgehead atoms. The Morgan fingerprint density at radius 1 is 1.02 bits per heavy atom. The Hall–Kier alpha value is -3.29. The van der Waals surface area contributed by atoms with Crippen molar-refractivity contribution < 1.29 is 27.9 Å². The molecule has 0 radical (unpaired) electrons. The molecule has 1 aromatic heterocycles. The summed E-state index contributed by atoms with van der Waals surface area (Å²) < 4.78 is 25.8. The summed E-state index contributed by atoms with van der Waals surface area (Å²) in [6.07, 6.45) is 5.32. The number of carbonyl (C=O) groups excluding carboxylic acids is 3. The van der Waals surface area contributed by atoms with E-state index < -0.39 is 56.2 Å². The van der Waals surface area contributed by atoms with E-state index in [4.69, 9.17) is 0 Å². The number of sulfone groups is 1. The number of aryl methyl sites for hydroxylation is 2. The smallest absolute Gasteiger partial charge is 0.272 e. The third kappa shape index (κ3) is 9.70. The Morgan fingerprint density at radius 2 is 1.65 bits per heavy atom. The van der Waals surface area contributed by atoms with Crippen molar-refractivity contribution in [1.82, 2.24) is 30.6 Å². The van der Waals surface area contributed by atoms with Crippen molar-refractivity contribution in [2.75, 3.05) is 19.3 Å². The Morgan fingerprint density at radius 3 is 2.22 bits per heavy atom. The Kier molecular flexibility index (Phi) is 12.0. The van der Waals surface area contributed by atoms with E-state index in [1.54, 1.807) is 20.0 Å². The van der Waals surface area contributed by atoms with Gasteiger partial charge in [0.1, 0.15) is 11.7 Å². The summed E-state index contributed by atoms with van der Waals surface area (Å²) in [5, 5.41) is 24.8. The molecular weight excluding hydrogens is 644 g/mol. The van der Waals surface area contributed by atoms with Gasteiger partial charge in [-0.05, 0) is 84.3 Å². The van der Waals surface area contributed by atoms with E-state index in [1.165, 1.54) is 18.5 Å². The van der Waals surface area contributed by atoms with E-state index in [0.29, 0.717) is 30.5 Å². The molecule has 4 rings (SSSR count). The molecule has 272 valence electrons. The van der Waals surface area contributed by atoms with E-state index in [-0.39, 0.29) is 24.6 Å². The molecule has 1 aliphatic heterocycles. The minimum absolute atomic E-state index is 0.0497. The SMILES string of the molecule is Cc1cc(C(=O)N[C@H](C(=O)N[C@@H](Cc2ccccc2)[C@H](O)CN2CC3CCCCC3C[C@H]2C(=O)NC(C)(C)C)C(C)(C)S(C)(=O)=O)nn1C. The van der Waals surface area contributed by atoms with Gasteiger partial charge in [-0.3, -0.25) is 24.0 Å². The van der Waals surface area contributed by atoms with Crippen molar-refractivity contribution in [3.8, 4) is 0 Å². The highest BCUT2D eigenvalue weighted by Gasteiger charge is 2.46. The number of aliphatic hydroxyl groups is 1. The van der Waals surface area contributed by atoms with E-state index in [0.717, 1.165) is 37.5 Å². The highest BCUT2D eigenvalue weighted by Crippen LogP contribution is 2.39. The number of carbonyl (C=O) groups is 3. The lowest BCUT2D eigenvalue weighted by molar-refractivity contribution is -0.133. The summed E-state index contributed by atoms with van der Waals surface area (Å²) in [4.78, 5) is 43.2. The van der Waals surface area contributed by atoms with Crippen LogP contribution in [-0.4, -0.2) is 99.8 Å². The van der Waals surface area contributed by atoms with Gasteiger partial charge in [-0.1, -0.05) is 49.6 Å². The fraction of sp³-hybridized carbons (Fsp3) is 0.667. The lowest BCUT2D eigenvalue weighted by atomic mass is 9.72. The zero-order valence-electron chi connectivity index (χ0n) is 30.3. The second kappa shape index (κ2) is 15.3. The van der Waals surface area contributed by atoms with Gasteiger partial charge in [-0.25, -0.2) is 8.42 Å². The predicted octanol–water partition coefficient (Wildman–Crippen LogP) is 2.53. The lowest BCUT2D eigenvalue weighted by Crippen LogP contribution is -2.64. The van der Waals surface area contributed by atoms with Gasteiger partial charge in [0.15, 0.2) is 9.84 Å². The number of aromatic nitrogens is 2. The predicted molar refractivity (Wildman–Crippen MR) is 190 cm³/mol. The standard InChI is InChI=1S/C36H56N6O6S/c1-23-18-28(40-41(23)7)32(44)38-31(36(5,6)49(8,47)48)34(46)37-27(19-24-14-10-9-11-15-24)30(43)22-42-21-26-17-13-12-16-25(26)20-29(42)33(45)39-35(2,3)4/h9-11,14-15,18,25-27,29-31,43H,12-13,16-17,19-22H2,1-8H3,(H,37,46)(H,38,44)(H,39,45)/t25?,26?,27-,29-,30+,31+/m0/s1. The van der Waals surface area contributed by atoms with E-state index >= 15 is 0 Å². The normalized spacial score (nSPS) is 22.3. The second-order valence-corrected chi connectivity index (χ2v) is 18.3. The number of nitrogens with one attached hydrogen (secondary N) is 3. The average molecular weight is 701 g/mol. The van der Waals surface area contributed by atoms with Crippen LogP contribution < -0.4 is 16.0 Å². The number of amides is 3. The molecule has 12 nitrogen and oxygen atoms in total. The van der Waals surface area contributed by atoms with Crippen molar-refractivity contribution in [3.05, 3.63) is 53.3 Å². The largest absolute Gasteiger partial charge is 0.390 e. The quantitative estimate of drug-likeness (QED) is 0.263. The number of piperidine rings is 1. The van der Waals surface area contributed by atoms with Gasteiger partial charge in [0.05, 0.1) is 22.9 Å². The molecule has 49 heavy (non-hydrogen) atoms. The molecule has 1 aromatic carbocycles. The molecule has 2 heterocycles. The van der Waals surface area contributed by atoms with Crippen molar-refractivity contribution in [3.63, 3.8) is 0 Å². The molecule has 1 saturated carbocycles. The maximum atomic E-state index is 14.2. The first-order chi connectivity index (χ1) is 22.8. The number of rotatable bonds is 12. The Bertz CT molecular complexity index is 1560. The Balaban J connectivity index is 1.63. The molecule has 0 spiro atoms. The van der Waals surface area contributed by atoms with Crippen molar-refractivity contribution in [1.29, 1.82) is 0 Å². The molecular formula is C36H56N6O6S. The van der Waals surface area contributed by atoms with Crippen molar-refractivity contribution in [2.45, 2.75) is 115 Å². The average Bonchev–Trinajstić information content (AvgIpc) is 3.35. The summed E-state index contributed by atoms with van der Waals surface area (Å²) in [7, 11) is -2.19. The van der Waals surface area contributed by atoms with Crippen molar-refractivity contribution >= 4 is 27.6 Å². The fourth-order valence-electron chi connectivity index (χ4n) is 7.06. The zero-order valence-corrected chi connectivity index (χ0v) is 31.1. The van der Waals surface area contributed by atoms with Crippen LogP contribution in [0.5, 0.6) is 0 Å². The van der Waals surface area contributed by atoms with Crippen molar-refractivity contribution in [2.24, 2.45) is 18.9 Å². The van der Waals surface area contributed by atoms with Crippen LogP contribution in [0.15, 0.2) is 36.4 Å². The van der Waals surface area contributed by atoms with Crippen LogP contribution in [0.1, 0.15) is 88.5 Å². The van der Waals surface area contributed by atoms with E-state index in [9.17, 15) is 27.9 Å². The van der Waals surface area contributed by atoms with Gasteiger partial charge in [0.25, 0.3) is 5.91 Å². The first kappa shape index (κ1) is 38.5. The highest BCUT2D eigenvalue weighted by molar-refractivity contribution is 7.92. The number of aliphatic hydroxyl groups excluding tert-OH is 1. The molecule has 4 N–H and O–H groups in total. The molecule has 3 amide bonds. The van der Waals surface area contributed by atoms with Gasteiger partial charge in [-0.2, -0.15) is 5.10 Å². The molecule has 2 aliphatic rings. The van der Waals surface area contributed by atoms with E-state index in [2.05, 4.69) is 25.9 Å². The van der Waals surface area contributed by atoms with Crippen LogP contribution in [0.2, 0.25) is 0 Å². The molecule has 2 aromatic rings. The van der Waals surface area contributed by atoms with Crippen LogP contribution in [-0.2, 0) is 32.9 Å². The first-order valence-electron chi connectivity index (χ1n) is 17.4. The summed E-state index contributed by atoms with van der Waals surface area (Å²) in [5.74, 6) is -0.640. The maximum Gasteiger partial charge on any atom is 0.272 e. The number of fused-ring (bicyclic) bond motifs is 1. The maximum absolute atomic E-state index is 14.2. The van der Waals surface area contributed by atoms with Crippen LogP contribution in [0.3, 0.4) is 0 Å². The summed E-state index contributed by atoms with van der Waals surface area (Å²) in [6, 6.07) is 8.14. The van der Waals surface area contributed by atoms with Crippen LogP contribution >= 0.6 is 0 Å². The molecule has 1 aliphatic carbocycles. The molecule has 13 heteroatoms. The van der Waals surface area contributed by atoms with E-state index in [1.807, 2.05) is 51.1 Å². The number of hydrogen-bond acceptors (Lipinski definition) is 8. The van der Waals surface area contributed by atoms with Gasteiger partial charge in [0, 0.05) is 37.6 Å². The third-order valence-electron chi connectivity index (χ3n) is 10.4. The number of likely N-dealkylation sites (tertiary alicyclic amines) is 1. The number of benzene rings is 1. The van der Waals surface area contributed by atoms with Crippen LogP contribution in [0, 0.1) is 18.8 Å². The van der Waals surface area contributed by atoms with Crippen LogP contribution in [0.25, 0.3) is 0 Å². The highest BCUT2D eigenvalue weighted by atomic mass is 32.2. The molecule has 2 fully saturated rings. The second-order valence-electron chi connectivity index (χ2n) is 15.7. The van der Waals surface area contributed by atoms with Gasteiger partial charge in [-0.15, -0.1) is 0 Å². The summed E-state index contributed by atoms with van der Waals surface area (Å²) in [5.41, 5.74) is 1.20. The fourth-order valence-corrected chi connectivity index (χ4v) is 7.65. The molecule has 2 unspecified atom stereocenters. The molecule has 1 saturated heterocycles. The number of nitrogens with zero attached hydrogens (tertiary/aromatic N) is 3. The van der Waals surface area contributed by atoms with Crippen LogP contribution in [0.4, 0.5) is 0 Å². The first-order valence-corrected chi connectivity index (χ1v) is 19.3. The van der Waals surface area contributed by atoms with Gasteiger partial charge >= 0.3 is 0 Å². The lowest BCUT2D eigenvalue weighted by Gasteiger charge is -2.47. The number of β-amino-alcohol motifs (C(OH)–C–C–N with tert-alkyl or cyclic N) is 1.